The molecule has 0 radical (unpaired) electrons. The fourth-order valence-corrected chi connectivity index (χ4v) is 0.710. The monoisotopic (exact) mass is 193 g/mol. The Hall–Kier alpha value is -0.540. The summed E-state index contributed by atoms with van der Waals surface area (Å²) in [7, 11) is 0. The van der Waals surface area contributed by atoms with Crippen LogP contribution >= 0.6 is 12.4 Å². The number of carbonyl (C=O) groups excluding carboxylic acids is 1. The Bertz CT molecular complexity index is 164. The van der Waals surface area contributed by atoms with Gasteiger partial charge >= 0.3 is 5.97 Å². The summed E-state index contributed by atoms with van der Waals surface area (Å²) in [6, 6.07) is 0.0731. The minimum Gasteiger partial charge on any atom is -0.370 e. The van der Waals surface area contributed by atoms with Gasteiger partial charge in [0, 0.05) is 6.92 Å². The van der Waals surface area contributed by atoms with Crippen molar-refractivity contribution >= 4 is 18.4 Å². The van der Waals surface area contributed by atoms with Gasteiger partial charge in [0.25, 0.3) is 0 Å². The third kappa shape index (κ3) is 9.46. The van der Waals surface area contributed by atoms with Gasteiger partial charge in [-0.05, 0) is 20.8 Å². The lowest BCUT2D eigenvalue weighted by atomic mass is 10.2. The minimum atomic E-state index is -0.320. The van der Waals surface area contributed by atoms with Crippen molar-refractivity contribution in [3.8, 4) is 0 Å². The van der Waals surface area contributed by atoms with Crippen molar-refractivity contribution in [3.63, 3.8) is 0 Å². The third-order valence-electron chi connectivity index (χ3n) is 0.972. The molecule has 0 rings (SSSR count). The summed E-state index contributed by atoms with van der Waals surface area (Å²) in [5, 5.41) is 0. The normalized spacial score (nSPS) is 11.0. The first kappa shape index (κ1) is 14.0. The molecule has 0 aliphatic carbocycles. The van der Waals surface area contributed by atoms with E-state index in [1.54, 1.807) is 0 Å². The maximum atomic E-state index is 10.3. The standard InChI is InChI=1S/C8H15NO2.ClH/c1-6(2)5-7(3)9-11-8(4)10;/h5,7,9H,1-4H3;1H. The van der Waals surface area contributed by atoms with Crippen LogP contribution in [0.3, 0.4) is 0 Å². The van der Waals surface area contributed by atoms with E-state index in [2.05, 4.69) is 10.3 Å². The molecule has 1 N–H and O–H groups in total. The largest absolute Gasteiger partial charge is 0.370 e. The molecule has 0 spiro atoms. The number of rotatable bonds is 3. The van der Waals surface area contributed by atoms with Crippen LogP contribution in [0.1, 0.15) is 27.7 Å². The molecule has 0 aliphatic rings. The Morgan fingerprint density at radius 3 is 2.25 bits per heavy atom. The molecule has 0 aliphatic heterocycles. The van der Waals surface area contributed by atoms with Crippen molar-refractivity contribution in [2.24, 2.45) is 0 Å². The smallest absolute Gasteiger partial charge is 0.321 e. The summed E-state index contributed by atoms with van der Waals surface area (Å²) < 4.78 is 0. The summed E-state index contributed by atoms with van der Waals surface area (Å²) in [5.74, 6) is -0.320. The van der Waals surface area contributed by atoms with Crippen LogP contribution in [0.4, 0.5) is 0 Å². The molecule has 0 aromatic carbocycles. The van der Waals surface area contributed by atoms with Gasteiger partial charge in [-0.2, -0.15) is 0 Å². The van der Waals surface area contributed by atoms with Crippen molar-refractivity contribution in [2.75, 3.05) is 0 Å². The Kier molecular flexibility index (Phi) is 8.32. The highest BCUT2D eigenvalue weighted by Crippen LogP contribution is 1.93. The van der Waals surface area contributed by atoms with Crippen LogP contribution < -0.4 is 5.48 Å². The summed E-state index contributed by atoms with van der Waals surface area (Å²) in [6.07, 6.45) is 1.98. The lowest BCUT2D eigenvalue weighted by Crippen LogP contribution is -2.26. The van der Waals surface area contributed by atoms with Crippen LogP contribution in [0, 0.1) is 0 Å². The highest BCUT2D eigenvalue weighted by molar-refractivity contribution is 5.85. The van der Waals surface area contributed by atoms with Gasteiger partial charge in [0.05, 0.1) is 6.04 Å². The molecule has 1 atom stereocenters. The molecule has 12 heavy (non-hydrogen) atoms. The quantitative estimate of drug-likeness (QED) is 0.549. The first-order valence-corrected chi connectivity index (χ1v) is 3.60. The topological polar surface area (TPSA) is 38.3 Å². The lowest BCUT2D eigenvalue weighted by Gasteiger charge is -2.07. The van der Waals surface area contributed by atoms with E-state index in [1.807, 2.05) is 26.8 Å². The van der Waals surface area contributed by atoms with Crippen molar-refractivity contribution in [3.05, 3.63) is 11.6 Å². The molecule has 0 aromatic heterocycles. The molecular formula is C8H16ClNO2. The molecule has 0 saturated heterocycles. The Labute approximate surface area is 79.5 Å². The van der Waals surface area contributed by atoms with Crippen LogP contribution in [0.5, 0.6) is 0 Å². The number of hydrogen-bond acceptors (Lipinski definition) is 3. The van der Waals surface area contributed by atoms with Gasteiger partial charge in [-0.15, -0.1) is 17.9 Å². The van der Waals surface area contributed by atoms with E-state index in [-0.39, 0.29) is 24.4 Å². The molecule has 0 fully saturated rings. The first-order valence-electron chi connectivity index (χ1n) is 3.60. The number of hydrogen-bond donors (Lipinski definition) is 1. The van der Waals surface area contributed by atoms with E-state index in [0.717, 1.165) is 0 Å². The molecule has 4 heteroatoms. The van der Waals surface area contributed by atoms with Gasteiger partial charge in [-0.1, -0.05) is 11.6 Å². The van der Waals surface area contributed by atoms with E-state index in [4.69, 9.17) is 0 Å². The fraction of sp³-hybridized carbons (Fsp3) is 0.625. The van der Waals surface area contributed by atoms with Gasteiger partial charge in [0.2, 0.25) is 0 Å². The number of carbonyl (C=O) groups is 1. The van der Waals surface area contributed by atoms with E-state index in [9.17, 15) is 4.79 Å². The number of allylic oxidation sites excluding steroid dienone is 1. The summed E-state index contributed by atoms with van der Waals surface area (Å²) >= 11 is 0. The van der Waals surface area contributed by atoms with Gasteiger partial charge in [-0.25, -0.2) is 0 Å². The van der Waals surface area contributed by atoms with Crippen molar-refractivity contribution in [2.45, 2.75) is 33.7 Å². The second-order valence-electron chi connectivity index (χ2n) is 2.74. The molecule has 72 valence electrons. The Morgan fingerprint density at radius 2 is 1.92 bits per heavy atom. The molecule has 0 amide bonds. The van der Waals surface area contributed by atoms with Crippen LogP contribution in [-0.2, 0) is 9.63 Å². The van der Waals surface area contributed by atoms with Gasteiger partial charge in [0.15, 0.2) is 0 Å². The fourth-order valence-electron chi connectivity index (χ4n) is 0.710. The van der Waals surface area contributed by atoms with E-state index in [0.29, 0.717) is 0 Å². The Morgan fingerprint density at radius 1 is 1.42 bits per heavy atom. The number of hydroxylamine groups is 1. The molecular weight excluding hydrogens is 178 g/mol. The first-order chi connectivity index (χ1) is 5.02. The number of nitrogens with one attached hydrogen (secondary N) is 1. The SMILES string of the molecule is CC(=O)ONC(C)C=C(C)C.Cl. The summed E-state index contributed by atoms with van der Waals surface area (Å²) in [5.41, 5.74) is 3.78. The zero-order valence-corrected chi connectivity index (χ0v) is 8.70. The van der Waals surface area contributed by atoms with Crippen LogP contribution in [0.15, 0.2) is 11.6 Å². The predicted octanol–water partition coefficient (Wildman–Crippen LogP) is 1.83. The zero-order chi connectivity index (χ0) is 8.85. The molecule has 0 aromatic rings. The van der Waals surface area contributed by atoms with E-state index in [1.165, 1.54) is 12.5 Å². The van der Waals surface area contributed by atoms with Crippen LogP contribution in [0.25, 0.3) is 0 Å². The van der Waals surface area contributed by atoms with Crippen molar-refractivity contribution < 1.29 is 9.63 Å². The Balaban J connectivity index is 0. The molecule has 3 nitrogen and oxygen atoms in total. The maximum Gasteiger partial charge on any atom is 0.321 e. The predicted molar refractivity (Wildman–Crippen MR) is 51.0 cm³/mol. The van der Waals surface area contributed by atoms with Crippen LogP contribution in [0.2, 0.25) is 0 Å². The summed E-state index contributed by atoms with van der Waals surface area (Å²) in [4.78, 5) is 14.9. The van der Waals surface area contributed by atoms with Gasteiger partial charge < -0.3 is 4.84 Å². The third-order valence-corrected chi connectivity index (χ3v) is 0.972. The van der Waals surface area contributed by atoms with E-state index >= 15 is 0 Å². The highest BCUT2D eigenvalue weighted by atomic mass is 35.5. The molecule has 0 heterocycles. The van der Waals surface area contributed by atoms with Crippen LogP contribution in [-0.4, -0.2) is 12.0 Å². The average molecular weight is 194 g/mol. The average Bonchev–Trinajstić information content (AvgIpc) is 1.82. The number of halogens is 1. The van der Waals surface area contributed by atoms with Crippen molar-refractivity contribution in [1.29, 1.82) is 0 Å². The van der Waals surface area contributed by atoms with E-state index < -0.39 is 0 Å². The molecule has 0 bridgehead atoms. The second-order valence-corrected chi connectivity index (χ2v) is 2.74. The zero-order valence-electron chi connectivity index (χ0n) is 7.88. The lowest BCUT2D eigenvalue weighted by molar-refractivity contribution is -0.149. The van der Waals surface area contributed by atoms with Gasteiger partial charge in [0.1, 0.15) is 0 Å². The minimum absolute atomic E-state index is 0. The molecule has 1 unspecified atom stereocenters. The summed E-state index contributed by atoms with van der Waals surface area (Å²) in [6.45, 7) is 7.26. The molecule has 0 saturated carbocycles. The van der Waals surface area contributed by atoms with Crippen molar-refractivity contribution in [1.82, 2.24) is 5.48 Å². The second kappa shape index (κ2) is 7.13. The maximum absolute atomic E-state index is 10.3. The van der Waals surface area contributed by atoms with Gasteiger partial charge in [-0.3, -0.25) is 4.79 Å². The highest BCUT2D eigenvalue weighted by Gasteiger charge is 1.97.